The predicted molar refractivity (Wildman–Crippen MR) is 65.0 cm³/mol. The van der Waals surface area contributed by atoms with Crippen LogP contribution in [0.5, 0.6) is 0 Å². The highest BCUT2D eigenvalue weighted by molar-refractivity contribution is 9.10. The average Bonchev–Trinajstić information content (AvgIpc) is 2.25. The van der Waals surface area contributed by atoms with E-state index in [4.69, 9.17) is 4.74 Å². The van der Waals surface area contributed by atoms with Crippen LogP contribution in [0, 0.1) is 0 Å². The SMILES string of the molecule is COCCN1CCc2ccc(Br)cc2C1. The van der Waals surface area contributed by atoms with E-state index in [-0.39, 0.29) is 0 Å². The lowest BCUT2D eigenvalue weighted by Gasteiger charge is -2.28. The van der Waals surface area contributed by atoms with Crippen molar-refractivity contribution in [3.63, 3.8) is 0 Å². The molecule has 1 aromatic rings. The van der Waals surface area contributed by atoms with E-state index >= 15 is 0 Å². The fraction of sp³-hybridized carbons (Fsp3) is 0.500. The van der Waals surface area contributed by atoms with Crippen molar-refractivity contribution in [3.8, 4) is 0 Å². The third-order valence-corrected chi connectivity index (χ3v) is 3.36. The molecule has 0 saturated carbocycles. The summed E-state index contributed by atoms with van der Waals surface area (Å²) in [7, 11) is 1.76. The van der Waals surface area contributed by atoms with E-state index in [2.05, 4.69) is 39.0 Å². The van der Waals surface area contributed by atoms with Gasteiger partial charge in [0.15, 0.2) is 0 Å². The van der Waals surface area contributed by atoms with Crippen LogP contribution in [0.4, 0.5) is 0 Å². The molecule has 0 amide bonds. The third-order valence-electron chi connectivity index (χ3n) is 2.87. The van der Waals surface area contributed by atoms with Gasteiger partial charge in [0.1, 0.15) is 0 Å². The molecule has 0 saturated heterocycles. The van der Waals surface area contributed by atoms with Gasteiger partial charge in [0.05, 0.1) is 6.61 Å². The maximum absolute atomic E-state index is 5.11. The number of rotatable bonds is 3. The van der Waals surface area contributed by atoms with Gasteiger partial charge in [-0.2, -0.15) is 0 Å². The summed E-state index contributed by atoms with van der Waals surface area (Å²) in [5.74, 6) is 0. The second kappa shape index (κ2) is 5.10. The van der Waals surface area contributed by atoms with Gasteiger partial charge < -0.3 is 4.74 Å². The molecule has 1 aromatic carbocycles. The Labute approximate surface area is 99.4 Å². The molecule has 0 atom stereocenters. The van der Waals surface area contributed by atoms with Crippen molar-refractivity contribution in [2.75, 3.05) is 26.8 Å². The minimum absolute atomic E-state index is 0.823. The summed E-state index contributed by atoms with van der Waals surface area (Å²) in [5, 5.41) is 0. The lowest BCUT2D eigenvalue weighted by molar-refractivity contribution is 0.141. The second-order valence-electron chi connectivity index (χ2n) is 3.93. The standard InChI is InChI=1S/C12H16BrNO/c1-15-7-6-14-5-4-10-2-3-12(13)8-11(10)9-14/h2-3,8H,4-7,9H2,1H3. The van der Waals surface area contributed by atoms with Gasteiger partial charge >= 0.3 is 0 Å². The summed E-state index contributed by atoms with van der Waals surface area (Å²) in [5.41, 5.74) is 2.94. The first-order chi connectivity index (χ1) is 7.29. The Bertz CT molecular complexity index is 340. The Hall–Kier alpha value is -0.380. The number of ether oxygens (including phenoxy) is 1. The van der Waals surface area contributed by atoms with Crippen LogP contribution in [-0.2, 0) is 17.7 Å². The summed E-state index contributed by atoms with van der Waals surface area (Å²) in [6.07, 6.45) is 1.16. The van der Waals surface area contributed by atoms with Crippen molar-refractivity contribution >= 4 is 15.9 Å². The zero-order valence-corrected chi connectivity index (χ0v) is 10.6. The highest BCUT2D eigenvalue weighted by atomic mass is 79.9. The Morgan fingerprint density at radius 2 is 2.27 bits per heavy atom. The molecule has 2 rings (SSSR count). The fourth-order valence-electron chi connectivity index (χ4n) is 2.00. The molecule has 1 aliphatic rings. The molecule has 0 fully saturated rings. The Kier molecular flexibility index (Phi) is 3.78. The van der Waals surface area contributed by atoms with Gasteiger partial charge in [-0.25, -0.2) is 0 Å². The smallest absolute Gasteiger partial charge is 0.0589 e. The predicted octanol–water partition coefficient (Wildman–Crippen LogP) is 2.45. The number of nitrogens with zero attached hydrogens (tertiary/aromatic N) is 1. The van der Waals surface area contributed by atoms with Crippen LogP contribution in [0.2, 0.25) is 0 Å². The van der Waals surface area contributed by atoms with Crippen molar-refractivity contribution in [1.29, 1.82) is 0 Å². The van der Waals surface area contributed by atoms with E-state index in [0.717, 1.165) is 32.7 Å². The van der Waals surface area contributed by atoms with Crippen molar-refractivity contribution in [3.05, 3.63) is 33.8 Å². The number of hydrogen-bond donors (Lipinski definition) is 0. The van der Waals surface area contributed by atoms with Gasteiger partial charge in [-0.3, -0.25) is 4.90 Å². The number of methoxy groups -OCH3 is 1. The van der Waals surface area contributed by atoms with Gasteiger partial charge in [-0.1, -0.05) is 22.0 Å². The largest absolute Gasteiger partial charge is 0.383 e. The van der Waals surface area contributed by atoms with Gasteiger partial charge in [0.2, 0.25) is 0 Å². The molecule has 1 heterocycles. The van der Waals surface area contributed by atoms with Gasteiger partial charge in [-0.15, -0.1) is 0 Å². The molecule has 0 N–H and O–H groups in total. The fourth-order valence-corrected chi connectivity index (χ4v) is 2.40. The van der Waals surface area contributed by atoms with Crippen molar-refractivity contribution in [2.24, 2.45) is 0 Å². The van der Waals surface area contributed by atoms with Crippen LogP contribution in [0.15, 0.2) is 22.7 Å². The monoisotopic (exact) mass is 269 g/mol. The lowest BCUT2D eigenvalue weighted by Crippen LogP contribution is -2.33. The molecule has 0 spiro atoms. The van der Waals surface area contributed by atoms with Crippen molar-refractivity contribution in [1.82, 2.24) is 4.90 Å². The van der Waals surface area contributed by atoms with Gasteiger partial charge in [-0.05, 0) is 29.7 Å². The molecule has 0 aliphatic carbocycles. The zero-order valence-electron chi connectivity index (χ0n) is 9.00. The maximum Gasteiger partial charge on any atom is 0.0589 e. The molecule has 0 aromatic heterocycles. The van der Waals surface area contributed by atoms with E-state index < -0.39 is 0 Å². The molecule has 2 nitrogen and oxygen atoms in total. The number of fused-ring (bicyclic) bond motifs is 1. The third kappa shape index (κ3) is 2.80. The minimum atomic E-state index is 0.823. The molecule has 15 heavy (non-hydrogen) atoms. The average molecular weight is 270 g/mol. The molecule has 1 aliphatic heterocycles. The van der Waals surface area contributed by atoms with Crippen molar-refractivity contribution < 1.29 is 4.74 Å². The van der Waals surface area contributed by atoms with E-state index in [1.165, 1.54) is 15.6 Å². The Balaban J connectivity index is 2.05. The summed E-state index contributed by atoms with van der Waals surface area (Å²) in [4.78, 5) is 2.44. The second-order valence-corrected chi connectivity index (χ2v) is 4.85. The molecular weight excluding hydrogens is 254 g/mol. The number of hydrogen-bond acceptors (Lipinski definition) is 2. The molecular formula is C12H16BrNO. The summed E-state index contributed by atoms with van der Waals surface area (Å²) >= 11 is 3.52. The van der Waals surface area contributed by atoms with Crippen LogP contribution < -0.4 is 0 Å². The van der Waals surface area contributed by atoms with Gasteiger partial charge in [0.25, 0.3) is 0 Å². The van der Waals surface area contributed by atoms with Crippen LogP contribution in [0.1, 0.15) is 11.1 Å². The lowest BCUT2D eigenvalue weighted by atomic mass is 10.00. The van der Waals surface area contributed by atoms with Crippen LogP contribution in [0.3, 0.4) is 0 Å². The summed E-state index contributed by atoms with van der Waals surface area (Å²) in [6, 6.07) is 6.59. The first-order valence-corrected chi connectivity index (χ1v) is 6.07. The van der Waals surface area contributed by atoms with E-state index in [0.29, 0.717) is 0 Å². The topological polar surface area (TPSA) is 12.5 Å². The number of halogens is 1. The summed E-state index contributed by atoms with van der Waals surface area (Å²) in [6.45, 7) is 4.06. The first-order valence-electron chi connectivity index (χ1n) is 5.28. The quantitative estimate of drug-likeness (QED) is 0.836. The molecule has 0 unspecified atom stereocenters. The zero-order chi connectivity index (χ0) is 10.7. The first kappa shape index (κ1) is 11.1. The van der Waals surface area contributed by atoms with Gasteiger partial charge in [0, 0.05) is 31.2 Å². The number of benzene rings is 1. The highest BCUT2D eigenvalue weighted by Crippen LogP contribution is 2.22. The van der Waals surface area contributed by atoms with E-state index in [1.54, 1.807) is 7.11 Å². The minimum Gasteiger partial charge on any atom is -0.383 e. The van der Waals surface area contributed by atoms with E-state index in [1.807, 2.05) is 0 Å². The summed E-state index contributed by atoms with van der Waals surface area (Å²) < 4.78 is 6.28. The van der Waals surface area contributed by atoms with E-state index in [9.17, 15) is 0 Å². The molecule has 82 valence electrons. The van der Waals surface area contributed by atoms with Crippen LogP contribution >= 0.6 is 15.9 Å². The van der Waals surface area contributed by atoms with Crippen LogP contribution in [0.25, 0.3) is 0 Å². The Morgan fingerprint density at radius 1 is 1.40 bits per heavy atom. The molecule has 3 heteroatoms. The maximum atomic E-state index is 5.11. The molecule has 0 radical (unpaired) electrons. The normalized spacial score (nSPS) is 16.4. The molecule has 0 bridgehead atoms. The highest BCUT2D eigenvalue weighted by Gasteiger charge is 2.15. The van der Waals surface area contributed by atoms with Crippen LogP contribution in [-0.4, -0.2) is 31.7 Å². The van der Waals surface area contributed by atoms with Crippen molar-refractivity contribution in [2.45, 2.75) is 13.0 Å². The Morgan fingerprint density at radius 3 is 3.07 bits per heavy atom.